The third-order valence-corrected chi connectivity index (χ3v) is 3.32. The van der Waals surface area contributed by atoms with Crippen LogP contribution in [0.5, 0.6) is 0 Å². The van der Waals surface area contributed by atoms with Crippen molar-refractivity contribution in [2.45, 2.75) is 5.25 Å². The van der Waals surface area contributed by atoms with E-state index in [0.717, 1.165) is 0 Å². The summed E-state index contributed by atoms with van der Waals surface area (Å²) in [4.78, 5) is 0. The quantitative estimate of drug-likeness (QED) is 0.598. The second-order valence-corrected chi connectivity index (χ2v) is 4.42. The molecule has 0 fully saturated rings. The van der Waals surface area contributed by atoms with Crippen LogP contribution < -0.4 is 0 Å². The Labute approximate surface area is 73.2 Å². The highest BCUT2D eigenvalue weighted by molar-refractivity contribution is 9.11. The first-order valence-corrected chi connectivity index (χ1v) is 4.97. The van der Waals surface area contributed by atoms with Gasteiger partial charge in [-0.05, 0) is 5.41 Å². The molecule has 2 aliphatic rings. The first kappa shape index (κ1) is 6.74. The normalized spacial score (nSPS) is 35.9. The summed E-state index contributed by atoms with van der Waals surface area (Å²) in [6.45, 7) is 0. The molecule has 0 aromatic carbocycles. The molecule has 2 unspecified atom stereocenters. The first-order chi connectivity index (χ1) is 4.86. The zero-order valence-electron chi connectivity index (χ0n) is 5.33. The summed E-state index contributed by atoms with van der Waals surface area (Å²) in [6, 6.07) is 0. The van der Waals surface area contributed by atoms with Gasteiger partial charge < -0.3 is 0 Å². The minimum Gasteiger partial charge on any atom is -0.126 e. The number of rotatable bonds is 0. The molecule has 0 spiro atoms. The maximum atomic E-state index is 3.46. The van der Waals surface area contributed by atoms with E-state index in [0.29, 0.717) is 11.2 Å². The lowest BCUT2D eigenvalue weighted by Crippen LogP contribution is -2.08. The molecular formula is C8H7BrS. The molecule has 0 aromatic heterocycles. The van der Waals surface area contributed by atoms with E-state index < -0.39 is 0 Å². The third kappa shape index (κ3) is 1.10. The Kier molecular flexibility index (Phi) is 1.75. The van der Waals surface area contributed by atoms with E-state index in [1.54, 1.807) is 0 Å². The van der Waals surface area contributed by atoms with E-state index in [4.69, 9.17) is 0 Å². The number of halogens is 1. The molecule has 0 radical (unpaired) electrons. The van der Waals surface area contributed by atoms with Crippen molar-refractivity contribution in [2.24, 2.45) is 5.92 Å². The van der Waals surface area contributed by atoms with Gasteiger partial charge in [0.05, 0.1) is 0 Å². The van der Waals surface area contributed by atoms with Gasteiger partial charge in [0.1, 0.15) is 0 Å². The van der Waals surface area contributed by atoms with E-state index >= 15 is 0 Å². The van der Waals surface area contributed by atoms with Crippen LogP contribution in [0.2, 0.25) is 0 Å². The Hall–Kier alpha value is 0.0500. The van der Waals surface area contributed by atoms with Gasteiger partial charge in [-0.2, -0.15) is 0 Å². The van der Waals surface area contributed by atoms with Gasteiger partial charge in [-0.15, -0.1) is 11.8 Å². The summed E-state index contributed by atoms with van der Waals surface area (Å²) in [5, 5.41) is 2.83. The van der Waals surface area contributed by atoms with Gasteiger partial charge >= 0.3 is 0 Å². The fraction of sp³-hybridized carbons (Fsp3) is 0.250. The zero-order valence-corrected chi connectivity index (χ0v) is 7.73. The van der Waals surface area contributed by atoms with E-state index in [9.17, 15) is 0 Å². The lowest BCUT2D eigenvalue weighted by atomic mass is 10.0. The minimum atomic E-state index is 0.645. The second kappa shape index (κ2) is 2.59. The number of hydrogen-bond donors (Lipinski definition) is 0. The van der Waals surface area contributed by atoms with Gasteiger partial charge in [0.25, 0.3) is 0 Å². The second-order valence-electron chi connectivity index (χ2n) is 2.42. The predicted octanol–water partition coefficient (Wildman–Crippen LogP) is 3.08. The number of fused-ring (bicyclic) bond motifs is 1. The van der Waals surface area contributed by atoms with Crippen LogP contribution in [0, 0.1) is 5.92 Å². The molecule has 1 aliphatic heterocycles. The Morgan fingerprint density at radius 2 is 2.30 bits per heavy atom. The van der Waals surface area contributed by atoms with Crippen molar-refractivity contribution in [1.82, 2.24) is 0 Å². The van der Waals surface area contributed by atoms with Gasteiger partial charge in [0.2, 0.25) is 0 Å². The van der Waals surface area contributed by atoms with E-state index in [1.807, 2.05) is 11.8 Å². The maximum absolute atomic E-state index is 3.46. The fourth-order valence-electron chi connectivity index (χ4n) is 1.17. The summed E-state index contributed by atoms with van der Waals surface area (Å²) in [6.07, 6.45) is 8.87. The summed E-state index contributed by atoms with van der Waals surface area (Å²) >= 11 is 5.35. The van der Waals surface area contributed by atoms with Crippen molar-refractivity contribution in [3.63, 3.8) is 0 Å². The summed E-state index contributed by atoms with van der Waals surface area (Å²) in [7, 11) is 0. The molecule has 0 amide bonds. The van der Waals surface area contributed by atoms with Gasteiger partial charge in [0, 0.05) is 15.7 Å². The Morgan fingerprint density at radius 3 is 3.20 bits per heavy atom. The number of allylic oxidation sites excluding steroid dienone is 4. The monoisotopic (exact) mass is 214 g/mol. The van der Waals surface area contributed by atoms with Crippen LogP contribution in [-0.2, 0) is 0 Å². The molecule has 2 atom stereocenters. The molecule has 0 nitrogen and oxygen atoms in total. The summed E-state index contributed by atoms with van der Waals surface area (Å²) in [5.74, 6) is 0.645. The van der Waals surface area contributed by atoms with Crippen LogP contribution in [0.3, 0.4) is 0 Å². The first-order valence-electron chi connectivity index (χ1n) is 3.24. The molecule has 0 aromatic rings. The van der Waals surface area contributed by atoms with Crippen LogP contribution >= 0.6 is 27.7 Å². The maximum Gasteiger partial charge on any atom is 0.0380 e. The van der Waals surface area contributed by atoms with Crippen LogP contribution in [0.4, 0.5) is 0 Å². The molecule has 0 saturated carbocycles. The molecule has 2 rings (SSSR count). The molecule has 1 heterocycles. The lowest BCUT2D eigenvalue weighted by molar-refractivity contribution is 0.855. The van der Waals surface area contributed by atoms with Crippen molar-refractivity contribution in [3.8, 4) is 0 Å². The molecular weight excluding hydrogens is 208 g/mol. The van der Waals surface area contributed by atoms with Gasteiger partial charge in [0.15, 0.2) is 0 Å². The van der Waals surface area contributed by atoms with Gasteiger partial charge in [-0.3, -0.25) is 0 Å². The standard InChI is InChI=1S/C8H7BrS/c9-7-2-1-6-3-4-10-8(6)5-7/h1-6,8H. The third-order valence-electron chi connectivity index (χ3n) is 1.72. The van der Waals surface area contributed by atoms with Crippen molar-refractivity contribution in [1.29, 1.82) is 0 Å². The predicted molar refractivity (Wildman–Crippen MR) is 50.2 cm³/mol. The summed E-state index contributed by atoms with van der Waals surface area (Å²) in [5.41, 5.74) is 0. The Bertz CT molecular complexity index is 227. The van der Waals surface area contributed by atoms with Crippen LogP contribution in [-0.4, -0.2) is 5.25 Å². The fourth-order valence-corrected chi connectivity index (χ4v) is 2.82. The molecule has 0 bridgehead atoms. The van der Waals surface area contributed by atoms with Crippen molar-refractivity contribution < 1.29 is 0 Å². The van der Waals surface area contributed by atoms with E-state index in [2.05, 4.69) is 45.6 Å². The van der Waals surface area contributed by atoms with Crippen LogP contribution in [0.1, 0.15) is 0 Å². The van der Waals surface area contributed by atoms with Crippen molar-refractivity contribution in [3.05, 3.63) is 34.2 Å². The summed E-state index contributed by atoms with van der Waals surface area (Å²) < 4.78 is 1.21. The highest BCUT2D eigenvalue weighted by atomic mass is 79.9. The molecule has 2 heteroatoms. The average molecular weight is 215 g/mol. The topological polar surface area (TPSA) is 0 Å². The van der Waals surface area contributed by atoms with Gasteiger partial charge in [-0.1, -0.05) is 40.2 Å². The molecule has 10 heavy (non-hydrogen) atoms. The largest absolute Gasteiger partial charge is 0.126 e. The molecule has 0 saturated heterocycles. The highest BCUT2D eigenvalue weighted by Crippen LogP contribution is 2.36. The Morgan fingerprint density at radius 1 is 1.40 bits per heavy atom. The van der Waals surface area contributed by atoms with E-state index in [1.165, 1.54) is 4.48 Å². The number of hydrogen-bond acceptors (Lipinski definition) is 1. The van der Waals surface area contributed by atoms with E-state index in [-0.39, 0.29) is 0 Å². The Balaban J connectivity index is 2.25. The molecule has 1 aliphatic carbocycles. The smallest absolute Gasteiger partial charge is 0.0380 e. The highest BCUT2D eigenvalue weighted by Gasteiger charge is 2.21. The van der Waals surface area contributed by atoms with Crippen molar-refractivity contribution in [2.75, 3.05) is 0 Å². The average Bonchev–Trinajstić information content (AvgIpc) is 2.33. The lowest BCUT2D eigenvalue weighted by Gasteiger charge is -2.14. The minimum absolute atomic E-state index is 0.645. The van der Waals surface area contributed by atoms with Crippen molar-refractivity contribution >= 4 is 27.7 Å². The van der Waals surface area contributed by atoms with Gasteiger partial charge in [-0.25, -0.2) is 0 Å². The number of thioether (sulfide) groups is 1. The SMILES string of the molecule is BrC1=CC2SC=CC2C=C1. The van der Waals surface area contributed by atoms with Crippen LogP contribution in [0.25, 0.3) is 0 Å². The molecule has 52 valence electrons. The molecule has 0 N–H and O–H groups in total. The zero-order chi connectivity index (χ0) is 6.97. The van der Waals surface area contributed by atoms with Crippen LogP contribution in [0.15, 0.2) is 34.2 Å².